The van der Waals surface area contributed by atoms with Crippen molar-refractivity contribution in [3.8, 4) is 0 Å². The first-order valence-corrected chi connectivity index (χ1v) is 11.9. The number of aliphatic hydroxyl groups is 1. The van der Waals surface area contributed by atoms with Crippen molar-refractivity contribution in [2.45, 2.75) is 82.3 Å². The number of carbonyl (C=O) groups is 11. The van der Waals surface area contributed by atoms with Crippen LogP contribution in [0.4, 0.5) is 0 Å². The molecule has 0 aliphatic carbocycles. The van der Waals surface area contributed by atoms with Crippen molar-refractivity contribution in [2.75, 3.05) is 13.2 Å². The quantitative estimate of drug-likeness (QED) is 0.175. The number of hydrogen-bond donors (Lipinski definition) is 10. The predicted octanol–water partition coefficient (Wildman–Crippen LogP) is 0.292. The van der Waals surface area contributed by atoms with Gasteiger partial charge in [-0.15, -0.1) is 0 Å². The second-order valence-corrected chi connectivity index (χ2v) is 6.70. The second-order valence-electron chi connectivity index (χ2n) is 6.70. The fraction of sp³-hybridized carbons (Fsp3) is 0.560. The van der Waals surface area contributed by atoms with Gasteiger partial charge in [-0.05, 0) is 6.92 Å². The lowest BCUT2D eigenvalue weighted by atomic mass is 10.4. The van der Waals surface area contributed by atoms with Gasteiger partial charge in [0.15, 0.2) is 0 Å². The predicted molar refractivity (Wildman–Crippen MR) is 159 cm³/mol. The van der Waals surface area contributed by atoms with E-state index in [-0.39, 0.29) is 6.61 Å². The SMILES string of the molecule is CC(=O)O.CC(=O)O.CC(=O)O.CC(=O)O.CC(=O)O.CC(=O)O.CC(=O)O.CC(=O)O.CC(=O)O.CCOC(=O)C(CO)OC(C)=O. The Morgan fingerprint density at radius 3 is 0.646 bits per heavy atom. The summed E-state index contributed by atoms with van der Waals surface area (Å²) >= 11 is 0. The van der Waals surface area contributed by atoms with Crippen LogP contribution in [0.15, 0.2) is 0 Å². The Morgan fingerprint density at radius 1 is 0.417 bits per heavy atom. The maximum Gasteiger partial charge on any atom is 0.349 e. The van der Waals surface area contributed by atoms with Gasteiger partial charge >= 0.3 is 11.9 Å². The molecule has 0 fully saturated rings. The summed E-state index contributed by atoms with van der Waals surface area (Å²) in [6.07, 6.45) is -1.19. The Morgan fingerprint density at radius 2 is 0.562 bits per heavy atom. The number of esters is 2. The summed E-state index contributed by atoms with van der Waals surface area (Å²) < 4.78 is 8.97. The Bertz CT molecular complexity index is 700. The van der Waals surface area contributed by atoms with Gasteiger partial charge in [0.05, 0.1) is 13.2 Å². The van der Waals surface area contributed by atoms with Crippen LogP contribution in [-0.2, 0) is 62.2 Å². The number of ether oxygens (including phenoxy) is 2. The molecule has 0 saturated carbocycles. The van der Waals surface area contributed by atoms with E-state index in [0.29, 0.717) is 0 Å². The maximum atomic E-state index is 10.9. The fourth-order valence-electron chi connectivity index (χ4n) is 0.595. The molecular weight excluding hydrogens is 668 g/mol. The zero-order chi connectivity index (χ0) is 41.8. The standard InChI is InChI=1S/C7H12O5.9C2H4O2/c1-3-11-7(10)6(4-8)12-5(2)9;9*1-2(3)4/h6,8H,3-4H2,1-2H3;9*1H3,(H,3,4). The molecule has 48 heavy (non-hydrogen) atoms. The maximum absolute atomic E-state index is 10.9. The average molecular weight is 717 g/mol. The van der Waals surface area contributed by atoms with Crippen molar-refractivity contribution in [3.63, 3.8) is 0 Å². The van der Waals surface area contributed by atoms with Crippen LogP contribution < -0.4 is 0 Å². The van der Waals surface area contributed by atoms with Crippen molar-refractivity contribution >= 4 is 65.7 Å². The summed E-state index contributed by atoms with van der Waals surface area (Å²) in [5, 5.41) is 75.3. The van der Waals surface area contributed by atoms with Crippen LogP contribution in [0.25, 0.3) is 0 Å². The molecule has 0 rings (SSSR count). The minimum atomic E-state index is -1.19. The van der Waals surface area contributed by atoms with Crippen LogP contribution in [-0.4, -0.2) is 136 Å². The molecule has 1 unspecified atom stereocenters. The molecule has 0 aliphatic heterocycles. The van der Waals surface area contributed by atoms with Crippen molar-refractivity contribution in [3.05, 3.63) is 0 Å². The van der Waals surface area contributed by atoms with Gasteiger partial charge in [0.2, 0.25) is 6.10 Å². The van der Waals surface area contributed by atoms with E-state index in [1.165, 1.54) is 0 Å². The summed E-state index contributed by atoms with van der Waals surface area (Å²) in [6, 6.07) is 0. The molecule has 0 radical (unpaired) electrons. The van der Waals surface area contributed by atoms with E-state index < -0.39 is 78.4 Å². The van der Waals surface area contributed by atoms with Crippen molar-refractivity contribution in [2.24, 2.45) is 0 Å². The Hall–Kier alpha value is -5.87. The molecule has 0 heterocycles. The molecule has 0 aromatic carbocycles. The molecule has 23 nitrogen and oxygen atoms in total. The molecule has 0 aromatic rings. The second kappa shape index (κ2) is 56.9. The molecule has 286 valence electrons. The monoisotopic (exact) mass is 716 g/mol. The molecule has 0 amide bonds. The Balaban J connectivity index is -0.0000000437. The van der Waals surface area contributed by atoms with Crippen LogP contribution in [0.2, 0.25) is 0 Å². The Kier molecular flexibility index (Phi) is 81.8. The highest BCUT2D eigenvalue weighted by atomic mass is 16.6. The number of hydrogen-bond acceptors (Lipinski definition) is 14. The first kappa shape index (κ1) is 69.0. The lowest BCUT2D eigenvalue weighted by Gasteiger charge is -2.11. The third-order valence-electron chi connectivity index (χ3n) is 1.02. The van der Waals surface area contributed by atoms with Crippen LogP contribution in [0.1, 0.15) is 76.2 Å². The Labute approximate surface area is 274 Å². The van der Waals surface area contributed by atoms with Crippen LogP contribution in [0.3, 0.4) is 0 Å². The first-order valence-electron chi connectivity index (χ1n) is 11.9. The highest BCUT2D eigenvalue weighted by molar-refractivity contribution is 5.78. The van der Waals surface area contributed by atoms with E-state index in [4.69, 9.17) is 94.2 Å². The van der Waals surface area contributed by atoms with Gasteiger partial charge in [-0.3, -0.25) is 47.9 Å². The average Bonchev–Trinajstić information content (AvgIpc) is 2.74. The number of rotatable bonds is 4. The first-order chi connectivity index (χ1) is 21.2. The van der Waals surface area contributed by atoms with Gasteiger partial charge < -0.3 is 60.5 Å². The molecule has 0 aliphatic rings. The summed E-state index contributed by atoms with van der Waals surface area (Å²) in [5.41, 5.74) is 0. The van der Waals surface area contributed by atoms with Gasteiger partial charge in [-0.1, -0.05) is 0 Å². The van der Waals surface area contributed by atoms with E-state index in [1.54, 1.807) is 6.92 Å². The number of carboxylic acid groups (broad SMARTS) is 9. The van der Waals surface area contributed by atoms with Crippen LogP contribution in [0, 0.1) is 0 Å². The molecule has 0 spiro atoms. The van der Waals surface area contributed by atoms with Gasteiger partial charge in [-0.2, -0.15) is 0 Å². The highest BCUT2D eigenvalue weighted by Crippen LogP contribution is 1.95. The van der Waals surface area contributed by atoms with E-state index >= 15 is 0 Å². The molecule has 10 N–H and O–H groups in total. The van der Waals surface area contributed by atoms with Gasteiger partial charge in [0, 0.05) is 69.2 Å². The highest BCUT2D eigenvalue weighted by Gasteiger charge is 2.21. The van der Waals surface area contributed by atoms with Crippen molar-refractivity contribution in [1.29, 1.82) is 0 Å². The molecule has 0 saturated heterocycles. The number of carbonyl (C=O) groups excluding carboxylic acids is 2. The van der Waals surface area contributed by atoms with Gasteiger partial charge in [0.25, 0.3) is 53.7 Å². The smallest absolute Gasteiger partial charge is 0.349 e. The third kappa shape index (κ3) is 1210. The summed E-state index contributed by atoms with van der Waals surface area (Å²) in [6.45, 7) is 12.2. The summed E-state index contributed by atoms with van der Waals surface area (Å²) in [7, 11) is 0. The van der Waals surface area contributed by atoms with E-state index in [9.17, 15) is 9.59 Å². The molecule has 0 aromatic heterocycles. The molecule has 23 heteroatoms. The normalized spacial score (nSPS) is 7.67. The summed E-state index contributed by atoms with van der Waals surface area (Å²) in [4.78, 5) is 102. The lowest BCUT2D eigenvalue weighted by Crippen LogP contribution is -2.31. The van der Waals surface area contributed by atoms with Crippen molar-refractivity contribution in [1.82, 2.24) is 0 Å². The molecular formula is C25H48O23. The minimum absolute atomic E-state index is 0.191. The van der Waals surface area contributed by atoms with Gasteiger partial charge in [-0.25, -0.2) is 4.79 Å². The molecule has 1 atom stereocenters. The fourth-order valence-corrected chi connectivity index (χ4v) is 0.595. The zero-order valence-corrected chi connectivity index (χ0v) is 28.3. The van der Waals surface area contributed by atoms with Crippen LogP contribution in [0.5, 0.6) is 0 Å². The van der Waals surface area contributed by atoms with E-state index in [1.807, 2.05) is 0 Å². The number of aliphatic carboxylic acids is 9. The molecule has 0 bridgehead atoms. The van der Waals surface area contributed by atoms with Crippen LogP contribution >= 0.6 is 0 Å². The van der Waals surface area contributed by atoms with E-state index in [2.05, 4.69) is 9.47 Å². The lowest BCUT2D eigenvalue weighted by molar-refractivity contribution is -0.168. The summed E-state index contributed by atoms with van der Waals surface area (Å²) in [5.74, 6) is -8.85. The topological polar surface area (TPSA) is 409 Å². The van der Waals surface area contributed by atoms with Crippen molar-refractivity contribution < 1.29 is 113 Å². The zero-order valence-electron chi connectivity index (χ0n) is 28.3. The van der Waals surface area contributed by atoms with Gasteiger partial charge in [0.1, 0.15) is 0 Å². The third-order valence-corrected chi connectivity index (χ3v) is 1.02. The number of aliphatic hydroxyl groups excluding tert-OH is 1. The largest absolute Gasteiger partial charge is 0.481 e. The minimum Gasteiger partial charge on any atom is -0.481 e. The van der Waals surface area contributed by atoms with E-state index in [0.717, 1.165) is 69.2 Å². The number of carboxylic acids is 9.